The van der Waals surface area contributed by atoms with Crippen LogP contribution in [0.5, 0.6) is 11.5 Å². The maximum Gasteiger partial charge on any atom is 0.273 e. The van der Waals surface area contributed by atoms with E-state index in [0.29, 0.717) is 53.6 Å². The minimum Gasteiger partial charge on any atom is -0.495 e. The van der Waals surface area contributed by atoms with Crippen molar-refractivity contribution in [3.05, 3.63) is 83.0 Å². The highest BCUT2D eigenvalue weighted by Crippen LogP contribution is 2.34. The van der Waals surface area contributed by atoms with E-state index in [-0.39, 0.29) is 5.91 Å². The molecule has 10 nitrogen and oxygen atoms in total. The van der Waals surface area contributed by atoms with E-state index >= 15 is 0 Å². The third kappa shape index (κ3) is 5.72. The summed E-state index contributed by atoms with van der Waals surface area (Å²) >= 11 is 2.97. The fraction of sp³-hybridized carbons (Fsp3) is 0.267. The zero-order chi connectivity index (χ0) is 28.9. The van der Waals surface area contributed by atoms with Gasteiger partial charge in [0.05, 0.1) is 37.1 Å². The number of para-hydroxylation sites is 4. The smallest absolute Gasteiger partial charge is 0.273 e. The van der Waals surface area contributed by atoms with Crippen molar-refractivity contribution in [2.45, 2.75) is 17.8 Å². The van der Waals surface area contributed by atoms with Crippen molar-refractivity contribution in [3.63, 3.8) is 0 Å². The molecule has 0 aliphatic carbocycles. The Bertz CT molecular complexity index is 1640. The van der Waals surface area contributed by atoms with Crippen LogP contribution in [0.2, 0.25) is 0 Å². The van der Waals surface area contributed by atoms with Crippen LogP contribution in [0.3, 0.4) is 0 Å². The minimum atomic E-state index is -0.0439. The number of aromatic nitrogens is 4. The Morgan fingerprint density at radius 1 is 0.976 bits per heavy atom. The first-order valence-corrected chi connectivity index (χ1v) is 15.5. The lowest BCUT2D eigenvalue weighted by atomic mass is 10.2. The van der Waals surface area contributed by atoms with Gasteiger partial charge in [0, 0.05) is 31.6 Å². The van der Waals surface area contributed by atoms with Crippen molar-refractivity contribution in [1.82, 2.24) is 24.6 Å². The van der Waals surface area contributed by atoms with Crippen molar-refractivity contribution in [2.75, 3.05) is 44.8 Å². The second-order valence-electron chi connectivity index (χ2n) is 9.39. The van der Waals surface area contributed by atoms with Crippen LogP contribution < -0.4 is 14.4 Å². The number of rotatable bonds is 10. The summed E-state index contributed by atoms with van der Waals surface area (Å²) < 4.78 is 19.0. The number of piperazine rings is 1. The first-order valence-electron chi connectivity index (χ1n) is 13.6. The Morgan fingerprint density at radius 3 is 2.48 bits per heavy atom. The second-order valence-corrected chi connectivity index (χ2v) is 11.3. The van der Waals surface area contributed by atoms with Crippen molar-refractivity contribution < 1.29 is 18.7 Å². The summed E-state index contributed by atoms with van der Waals surface area (Å²) in [7, 11) is 1.64. The molecule has 4 heterocycles. The standard InChI is InChI=1S/C30H30N6O4S2/c1-3-39-25-12-7-4-9-22(25)34-14-16-35(17-15-34)29(37)21-19-41-27(31-21)20-42-30-33-32-28(26-13-8-18-40-26)36(30)23-10-5-6-11-24(23)38-2/h4-13,18-19H,3,14-17,20H2,1-2H3. The van der Waals surface area contributed by atoms with Gasteiger partial charge in [0.15, 0.2) is 10.9 Å². The molecule has 0 bridgehead atoms. The molecule has 216 valence electrons. The summed E-state index contributed by atoms with van der Waals surface area (Å²) in [5, 5.41) is 12.2. The molecule has 1 saturated heterocycles. The van der Waals surface area contributed by atoms with E-state index in [1.165, 1.54) is 23.1 Å². The van der Waals surface area contributed by atoms with Crippen LogP contribution in [0.1, 0.15) is 22.4 Å². The maximum absolute atomic E-state index is 13.3. The van der Waals surface area contributed by atoms with E-state index in [2.05, 4.69) is 26.1 Å². The van der Waals surface area contributed by atoms with Crippen molar-refractivity contribution in [2.24, 2.45) is 0 Å². The lowest BCUT2D eigenvalue weighted by molar-refractivity contribution is 0.0741. The van der Waals surface area contributed by atoms with Crippen LogP contribution in [-0.2, 0) is 5.75 Å². The number of ether oxygens (including phenoxy) is 2. The molecular formula is C30H30N6O4S2. The Hall–Kier alpha value is -4.29. The van der Waals surface area contributed by atoms with E-state index in [9.17, 15) is 4.79 Å². The number of thioether (sulfide) groups is 1. The molecule has 1 fully saturated rings. The van der Waals surface area contributed by atoms with Crippen LogP contribution in [-0.4, -0.2) is 70.5 Å². The van der Waals surface area contributed by atoms with Crippen molar-refractivity contribution in [3.8, 4) is 28.8 Å². The molecule has 0 saturated carbocycles. The Labute approximate surface area is 251 Å². The van der Waals surface area contributed by atoms with Crippen LogP contribution in [0, 0.1) is 0 Å². The molecule has 3 aromatic heterocycles. The van der Waals surface area contributed by atoms with Crippen LogP contribution in [0.4, 0.5) is 5.69 Å². The molecule has 2 aromatic carbocycles. The van der Waals surface area contributed by atoms with E-state index in [4.69, 9.17) is 13.9 Å². The van der Waals surface area contributed by atoms with E-state index in [1.807, 2.05) is 76.4 Å². The van der Waals surface area contributed by atoms with Gasteiger partial charge in [0.2, 0.25) is 5.82 Å². The summed E-state index contributed by atoms with van der Waals surface area (Å²) in [5.41, 5.74) is 2.34. The molecule has 5 aromatic rings. The monoisotopic (exact) mass is 602 g/mol. The SMILES string of the molecule is CCOc1ccccc1N1CCN(C(=O)c2csc(CSc3nnc(-c4ccco4)n3-c3ccccc3OC)n2)CC1. The molecule has 1 aliphatic heterocycles. The van der Waals surface area contributed by atoms with Gasteiger partial charge in [0.25, 0.3) is 5.91 Å². The average Bonchev–Trinajstić information content (AvgIpc) is 3.81. The predicted molar refractivity (Wildman–Crippen MR) is 163 cm³/mol. The number of benzene rings is 2. The first kappa shape index (κ1) is 27.9. The summed E-state index contributed by atoms with van der Waals surface area (Å²) in [4.78, 5) is 22.1. The second kappa shape index (κ2) is 12.7. The number of carbonyl (C=O) groups excluding carboxylic acids is 1. The lowest BCUT2D eigenvalue weighted by Gasteiger charge is -2.36. The highest BCUT2D eigenvalue weighted by Gasteiger charge is 2.26. The van der Waals surface area contributed by atoms with Gasteiger partial charge in [0.1, 0.15) is 22.2 Å². The number of thiazole rings is 1. The third-order valence-corrected chi connectivity index (χ3v) is 8.84. The number of amides is 1. The Balaban J connectivity index is 1.13. The minimum absolute atomic E-state index is 0.0439. The highest BCUT2D eigenvalue weighted by molar-refractivity contribution is 7.98. The van der Waals surface area contributed by atoms with Crippen LogP contribution in [0.25, 0.3) is 17.3 Å². The van der Waals surface area contributed by atoms with E-state index < -0.39 is 0 Å². The predicted octanol–water partition coefficient (Wildman–Crippen LogP) is 5.65. The molecule has 0 unspecified atom stereocenters. The Morgan fingerprint density at radius 2 is 1.74 bits per heavy atom. The first-order chi connectivity index (χ1) is 20.7. The molecule has 0 spiro atoms. The van der Waals surface area contributed by atoms with Gasteiger partial charge in [-0.25, -0.2) is 4.98 Å². The van der Waals surface area contributed by atoms with E-state index in [0.717, 1.165) is 35.2 Å². The fourth-order valence-electron chi connectivity index (χ4n) is 4.87. The quantitative estimate of drug-likeness (QED) is 0.188. The number of anilines is 1. The number of furan rings is 1. The van der Waals surface area contributed by atoms with Gasteiger partial charge in [-0.3, -0.25) is 9.36 Å². The average molecular weight is 603 g/mol. The number of hydrogen-bond donors (Lipinski definition) is 0. The molecule has 1 aliphatic rings. The number of methoxy groups -OCH3 is 1. The molecule has 0 N–H and O–H groups in total. The maximum atomic E-state index is 13.3. The highest BCUT2D eigenvalue weighted by atomic mass is 32.2. The normalized spacial score (nSPS) is 13.4. The Kier molecular flexibility index (Phi) is 8.42. The topological polar surface area (TPSA) is 98.8 Å². The number of hydrogen-bond acceptors (Lipinski definition) is 10. The van der Waals surface area contributed by atoms with Gasteiger partial charge < -0.3 is 23.7 Å². The summed E-state index contributed by atoms with van der Waals surface area (Å²) in [6, 6.07) is 19.4. The largest absolute Gasteiger partial charge is 0.495 e. The molecule has 6 rings (SSSR count). The van der Waals surface area contributed by atoms with Crippen molar-refractivity contribution in [1.29, 1.82) is 0 Å². The lowest BCUT2D eigenvalue weighted by Crippen LogP contribution is -2.49. The zero-order valence-electron chi connectivity index (χ0n) is 23.3. The summed E-state index contributed by atoms with van der Waals surface area (Å²) in [6.07, 6.45) is 1.61. The van der Waals surface area contributed by atoms with Gasteiger partial charge >= 0.3 is 0 Å². The summed E-state index contributed by atoms with van der Waals surface area (Å²) in [6.45, 7) is 5.32. The van der Waals surface area contributed by atoms with Gasteiger partial charge in [-0.15, -0.1) is 21.5 Å². The molecule has 42 heavy (non-hydrogen) atoms. The number of carbonyl (C=O) groups is 1. The fourth-order valence-corrected chi connectivity index (χ4v) is 6.60. The van der Waals surface area contributed by atoms with Crippen molar-refractivity contribution >= 4 is 34.7 Å². The summed E-state index contributed by atoms with van der Waals surface area (Å²) in [5.74, 6) is 3.23. The molecule has 1 amide bonds. The van der Waals surface area contributed by atoms with Crippen LogP contribution in [0.15, 0.2) is 81.9 Å². The molecule has 0 atom stereocenters. The molecule has 12 heteroatoms. The van der Waals surface area contributed by atoms with E-state index in [1.54, 1.807) is 13.4 Å². The molecule has 0 radical (unpaired) electrons. The van der Waals surface area contributed by atoms with Gasteiger partial charge in [-0.2, -0.15) is 0 Å². The van der Waals surface area contributed by atoms with Gasteiger partial charge in [-0.05, 0) is 43.3 Å². The molecular weight excluding hydrogens is 573 g/mol. The van der Waals surface area contributed by atoms with Crippen LogP contribution >= 0.6 is 23.1 Å². The van der Waals surface area contributed by atoms with Gasteiger partial charge in [-0.1, -0.05) is 36.0 Å². The zero-order valence-corrected chi connectivity index (χ0v) is 24.9. The number of nitrogens with zero attached hydrogens (tertiary/aromatic N) is 6. The third-order valence-electron chi connectivity index (χ3n) is 6.87.